The summed E-state index contributed by atoms with van der Waals surface area (Å²) in [6, 6.07) is 58.3. The van der Waals surface area contributed by atoms with E-state index in [2.05, 4.69) is 266 Å². The van der Waals surface area contributed by atoms with Gasteiger partial charge in [-0.3, -0.25) is 0 Å². The van der Waals surface area contributed by atoms with Gasteiger partial charge in [-0.25, -0.2) is 22.8 Å². The first kappa shape index (κ1) is 77.6. The molecule has 0 spiro atoms. The molecule has 5 aromatic heterocycles. The summed E-state index contributed by atoms with van der Waals surface area (Å²) >= 11 is 0. The Morgan fingerprint density at radius 1 is 0.271 bits per heavy atom. The lowest BCUT2D eigenvalue weighted by atomic mass is 9.87. The lowest BCUT2D eigenvalue weighted by molar-refractivity contribution is -0.661. The molecule has 118 heavy (non-hydrogen) atoms. The Balaban J connectivity index is 0.000000182. The van der Waals surface area contributed by atoms with Gasteiger partial charge in [0.15, 0.2) is 12.4 Å². The van der Waals surface area contributed by atoms with Gasteiger partial charge in [-0.15, -0.1) is 0 Å². The number of aryl methyl sites for hydroxylation is 13. The first-order valence-corrected chi connectivity index (χ1v) is 42.3. The molecular formula is C110H145N8+5. The zero-order valence-electron chi connectivity index (χ0n) is 87.3. The highest BCUT2D eigenvalue weighted by molar-refractivity contribution is 5.68. The van der Waals surface area contributed by atoms with Crippen molar-refractivity contribution < 1.29 is 36.5 Å². The van der Waals surface area contributed by atoms with E-state index in [0.717, 1.165) is 84.4 Å². The molecule has 620 valence electrons. The lowest BCUT2D eigenvalue weighted by Gasteiger charge is -2.21. The average Bonchev–Trinajstić information content (AvgIpc) is 1.36. The van der Waals surface area contributed by atoms with Crippen molar-refractivity contribution in [1.29, 1.82) is 0 Å². The lowest BCUT2D eigenvalue weighted by Crippen LogP contribution is -2.32. The van der Waals surface area contributed by atoms with Crippen molar-refractivity contribution in [3.8, 4) is 73.7 Å². The van der Waals surface area contributed by atoms with Gasteiger partial charge in [0.25, 0.3) is 17.5 Å². The molecule has 0 saturated heterocycles. The van der Waals surface area contributed by atoms with Gasteiger partial charge in [0.2, 0.25) is 11.4 Å². The van der Waals surface area contributed by atoms with E-state index >= 15 is 0 Å². The SMILES string of the molecule is Cc1ccc(-c2cc(C(C)C)c(C(C)C)c[n+]2C)c(C)c1.Cc1ccccc1-c1n(-c2c(C(C)C)cccc2C(C)C)cc[n+]1C.[2H]C(C)(C)c1cc(C([2H])(C)C)c(-n2cc[n+](C)c2-c2ccccc2C)c(C([2H])(C)C)c1.[2H]C(C)(C)c1cccc(C([2H])(C)C)c1-n1cc[n+](C)c1-c1ccccc1C.[2H]C([2H])c1c[n+](C)c(-c2ccc(C([2H])([2H])[2H])cc2C)cc1C(C)C. The van der Waals surface area contributed by atoms with E-state index in [1.807, 2.05) is 194 Å². The Morgan fingerprint density at radius 2 is 0.602 bits per heavy atom. The summed E-state index contributed by atoms with van der Waals surface area (Å²) in [5, 5.41) is 0. The van der Waals surface area contributed by atoms with E-state index in [9.17, 15) is 0 Å². The maximum Gasteiger partial charge on any atom is 0.294 e. The average molecular weight is 1590 g/mol. The summed E-state index contributed by atoms with van der Waals surface area (Å²) in [5.41, 5.74) is 30.6. The molecule has 0 radical (unpaired) electrons. The molecule has 0 atom stereocenters. The molecule has 0 aliphatic carbocycles. The van der Waals surface area contributed by atoms with Crippen LogP contribution >= 0.6 is 0 Å². The van der Waals surface area contributed by atoms with Gasteiger partial charge in [-0.2, -0.15) is 13.7 Å². The third kappa shape index (κ3) is 20.9. The monoisotopic (exact) mass is 1590 g/mol. The number of aromatic nitrogens is 8. The summed E-state index contributed by atoms with van der Waals surface area (Å²) in [6.07, 6.45) is 16.6. The van der Waals surface area contributed by atoms with Crippen molar-refractivity contribution in [1.82, 2.24) is 13.7 Å². The number of imidazole rings is 3. The van der Waals surface area contributed by atoms with Crippen LogP contribution < -0.4 is 22.8 Å². The van der Waals surface area contributed by atoms with Gasteiger partial charge in [-0.1, -0.05) is 277 Å². The van der Waals surface area contributed by atoms with Crippen LogP contribution in [0, 0.1) is 55.3 Å². The van der Waals surface area contributed by atoms with Gasteiger partial charge in [0.1, 0.15) is 68.3 Å². The third-order valence-electron chi connectivity index (χ3n) is 22.8. The molecule has 8 aromatic carbocycles. The van der Waals surface area contributed by atoms with E-state index in [4.69, 9.17) is 13.7 Å². The van der Waals surface area contributed by atoms with E-state index in [-0.39, 0.29) is 5.92 Å². The normalized spacial score (nSPS) is 13.3. The smallest absolute Gasteiger partial charge is 0.232 e. The van der Waals surface area contributed by atoms with Crippen LogP contribution in [0.2, 0.25) is 0 Å². The topological polar surface area (TPSA) is 34.2 Å². The van der Waals surface area contributed by atoms with Crippen LogP contribution in [0.4, 0.5) is 0 Å². The highest BCUT2D eigenvalue weighted by Crippen LogP contribution is 2.40. The molecule has 0 saturated carbocycles. The molecule has 8 nitrogen and oxygen atoms in total. The summed E-state index contributed by atoms with van der Waals surface area (Å²) < 4.78 is 99.3. The van der Waals surface area contributed by atoms with Crippen molar-refractivity contribution in [2.75, 3.05) is 0 Å². The number of para-hydroxylation sites is 2. The molecule has 13 aromatic rings. The number of hydrogen-bond acceptors (Lipinski definition) is 0. The Bertz CT molecular complexity index is 5970. The minimum Gasteiger partial charge on any atom is -0.232 e. The first-order valence-electron chi connectivity index (χ1n) is 47.5. The standard InChI is InChI=1S/C26H35N2.2C23H29N2.C20H28N.C18H24N/c1-17(2)21-15-23(18(3)4)25(24(16-21)19(5)6)28-14-13-27(8)26(28)22-12-10-9-11-20(22)7;2*1-16(2)19-12-9-13-20(17(3)4)22(19)25-15-14-24(6)23(25)21-11-8-7-10-18(21)5;1-13(2)18-11-20(21(7)12-19(18)14(3)4)17-9-8-15(5)10-16(17)6;1-12(2)17-10-18(19(6)11-15(17)5)16-8-7-13(3)9-14(16)4/h9-19H,1-8H3;2*7-17H,1-6H3;8-14H,1-7H3;7-12H,1-6H3/q5*+1/i17D,18D,19D;16D,17D;;;3D3,5D2. The molecular weight excluding hydrogens is 1430 g/mol. The van der Waals surface area contributed by atoms with E-state index in [1.54, 1.807) is 12.1 Å². The molecule has 0 unspecified atom stereocenters. The van der Waals surface area contributed by atoms with Crippen LogP contribution in [0.1, 0.15) is 311 Å². The molecule has 8 heteroatoms. The summed E-state index contributed by atoms with van der Waals surface area (Å²) in [4.78, 5) is 0. The molecule has 0 amide bonds. The molecule has 13 rings (SSSR count). The minimum absolute atomic E-state index is 0.208. The van der Waals surface area contributed by atoms with E-state index in [0.29, 0.717) is 34.8 Å². The predicted molar refractivity (Wildman–Crippen MR) is 502 cm³/mol. The van der Waals surface area contributed by atoms with Crippen molar-refractivity contribution in [2.24, 2.45) is 35.2 Å². The zero-order valence-corrected chi connectivity index (χ0v) is 77.3. The second-order valence-corrected chi connectivity index (χ2v) is 35.1. The fourth-order valence-electron chi connectivity index (χ4n) is 16.2. The number of nitrogens with zero attached hydrogens (tertiary/aromatic N) is 8. The van der Waals surface area contributed by atoms with E-state index in [1.165, 1.54) is 78.4 Å². The molecule has 5 heterocycles. The van der Waals surface area contributed by atoms with Gasteiger partial charge in [0.05, 0.1) is 37.8 Å². The van der Waals surface area contributed by atoms with Gasteiger partial charge in [-0.05, 0) is 189 Å². The first-order chi connectivity index (χ1) is 59.4. The van der Waals surface area contributed by atoms with Crippen molar-refractivity contribution >= 4 is 0 Å². The highest BCUT2D eigenvalue weighted by atomic mass is 15.2. The maximum absolute atomic E-state index is 8.95. The quantitative estimate of drug-likeness (QED) is 0.0768. The summed E-state index contributed by atoms with van der Waals surface area (Å²) in [5.74, 6) is 1.39. The van der Waals surface area contributed by atoms with Crippen molar-refractivity contribution in [3.05, 3.63) is 320 Å². The van der Waals surface area contributed by atoms with Gasteiger partial charge >= 0.3 is 0 Å². The molecule has 0 bridgehead atoms. The number of benzene rings is 8. The van der Waals surface area contributed by atoms with Crippen LogP contribution in [0.3, 0.4) is 0 Å². The predicted octanol–water partition coefficient (Wildman–Crippen LogP) is 27.0. The fourth-order valence-corrected chi connectivity index (χ4v) is 16.2. The second-order valence-electron chi connectivity index (χ2n) is 35.1. The minimum atomic E-state index is -2.11. The second kappa shape index (κ2) is 40.0. The van der Waals surface area contributed by atoms with Crippen LogP contribution in [-0.4, -0.2) is 13.7 Å². The Labute approximate surface area is 727 Å². The number of hydrogen-bond donors (Lipinski definition) is 0. The maximum atomic E-state index is 8.95. The van der Waals surface area contributed by atoms with Crippen LogP contribution in [0.15, 0.2) is 219 Å². The van der Waals surface area contributed by atoms with E-state index < -0.39 is 43.2 Å². The molecule has 0 N–H and O–H groups in total. The summed E-state index contributed by atoms with van der Waals surface area (Å²) in [7, 11) is 10.2. The van der Waals surface area contributed by atoms with Crippen molar-refractivity contribution in [3.63, 3.8) is 0 Å². The Hall–Kier alpha value is -10.3. The highest BCUT2D eigenvalue weighted by Gasteiger charge is 2.32. The third-order valence-corrected chi connectivity index (χ3v) is 22.8. The van der Waals surface area contributed by atoms with Crippen molar-refractivity contribution in [2.45, 2.75) is 253 Å². The van der Waals surface area contributed by atoms with Crippen LogP contribution in [0.5, 0.6) is 0 Å². The summed E-state index contributed by atoms with van der Waals surface area (Å²) in [6.45, 7) is 50.7. The fraction of sp³-hybridized carbons (Fsp3) is 0.391. The Morgan fingerprint density at radius 3 is 0.941 bits per heavy atom. The van der Waals surface area contributed by atoms with Gasteiger partial charge < -0.3 is 0 Å². The zero-order chi connectivity index (χ0) is 95.4. The molecule has 0 aliphatic heterocycles. The molecule has 0 aliphatic rings. The Kier molecular flexibility index (Phi) is 26.3. The van der Waals surface area contributed by atoms with Gasteiger partial charge in [0, 0.05) is 81.5 Å². The molecule has 0 fully saturated rings. The van der Waals surface area contributed by atoms with Crippen LogP contribution in [0.25, 0.3) is 73.7 Å². The number of pyridine rings is 2. The number of rotatable bonds is 18. The van der Waals surface area contributed by atoms with Crippen LogP contribution in [-0.2, 0) is 35.2 Å². The largest absolute Gasteiger partial charge is 0.294 e.